The number of piperidine rings is 1. The van der Waals surface area contributed by atoms with Crippen molar-refractivity contribution in [1.29, 1.82) is 0 Å². The number of rotatable bonds is 2. The smallest absolute Gasteiger partial charge is 0.0525 e. The van der Waals surface area contributed by atoms with Gasteiger partial charge in [0.25, 0.3) is 0 Å². The Kier molecular flexibility index (Phi) is 3.39. The predicted molar refractivity (Wildman–Crippen MR) is 75.1 cm³/mol. The van der Waals surface area contributed by atoms with Crippen LogP contribution in [0.2, 0.25) is 0 Å². The molecule has 1 aromatic rings. The van der Waals surface area contributed by atoms with E-state index in [2.05, 4.69) is 50.9 Å². The van der Waals surface area contributed by atoms with Crippen molar-refractivity contribution in [2.75, 3.05) is 24.5 Å². The molecule has 0 unspecified atom stereocenters. The molecule has 2 nitrogen and oxygen atoms in total. The summed E-state index contributed by atoms with van der Waals surface area (Å²) >= 11 is 3.55. The van der Waals surface area contributed by atoms with Gasteiger partial charge in [-0.05, 0) is 62.0 Å². The first-order chi connectivity index (χ1) is 8.33. The SMILES string of the molecule is Brc1ccc2c(c1)CCN2[CH]C1CCNCC1. The lowest BCUT2D eigenvalue weighted by atomic mass is 9.97. The van der Waals surface area contributed by atoms with E-state index < -0.39 is 0 Å². The number of hydrogen-bond acceptors (Lipinski definition) is 2. The van der Waals surface area contributed by atoms with Crippen molar-refractivity contribution in [3.8, 4) is 0 Å². The van der Waals surface area contributed by atoms with E-state index in [1.807, 2.05) is 0 Å². The van der Waals surface area contributed by atoms with E-state index in [0.717, 1.165) is 12.5 Å². The molecule has 91 valence electrons. The molecule has 1 N–H and O–H groups in total. The van der Waals surface area contributed by atoms with Crippen molar-refractivity contribution < 1.29 is 0 Å². The highest BCUT2D eigenvalue weighted by molar-refractivity contribution is 9.10. The summed E-state index contributed by atoms with van der Waals surface area (Å²) in [5.74, 6) is 0.755. The summed E-state index contributed by atoms with van der Waals surface area (Å²) in [5.41, 5.74) is 2.89. The number of hydrogen-bond donors (Lipinski definition) is 1. The second-order valence-electron chi connectivity index (χ2n) is 4.95. The number of nitrogens with one attached hydrogen (secondary N) is 1. The number of halogens is 1. The average Bonchev–Trinajstić information content (AvgIpc) is 2.73. The van der Waals surface area contributed by atoms with Gasteiger partial charge < -0.3 is 10.2 Å². The van der Waals surface area contributed by atoms with E-state index in [4.69, 9.17) is 0 Å². The van der Waals surface area contributed by atoms with Crippen LogP contribution in [0, 0.1) is 12.5 Å². The molecular weight excluding hydrogens is 276 g/mol. The molecule has 0 amide bonds. The Morgan fingerprint density at radius 1 is 1.29 bits per heavy atom. The van der Waals surface area contributed by atoms with Gasteiger partial charge in [-0.25, -0.2) is 0 Å². The molecule has 2 aliphatic rings. The van der Waals surface area contributed by atoms with Crippen LogP contribution in [-0.4, -0.2) is 19.6 Å². The third-order valence-electron chi connectivity index (χ3n) is 3.75. The molecule has 0 aromatic heterocycles. The first-order valence-electron chi connectivity index (χ1n) is 6.44. The molecule has 3 rings (SSSR count). The summed E-state index contributed by atoms with van der Waals surface area (Å²) in [6.45, 7) is 5.95. The van der Waals surface area contributed by atoms with Gasteiger partial charge in [0.1, 0.15) is 0 Å². The van der Waals surface area contributed by atoms with Gasteiger partial charge in [-0.2, -0.15) is 0 Å². The molecule has 1 aromatic carbocycles. The fourth-order valence-corrected chi connectivity index (χ4v) is 3.21. The lowest BCUT2D eigenvalue weighted by Gasteiger charge is -2.28. The summed E-state index contributed by atoms with van der Waals surface area (Å²) in [6.07, 6.45) is 3.74. The third kappa shape index (κ3) is 2.50. The Hall–Kier alpha value is -0.540. The van der Waals surface area contributed by atoms with Gasteiger partial charge in [-0.1, -0.05) is 15.9 Å². The molecule has 1 fully saturated rings. The minimum absolute atomic E-state index is 0.755. The summed E-state index contributed by atoms with van der Waals surface area (Å²) < 4.78 is 1.19. The van der Waals surface area contributed by atoms with E-state index in [-0.39, 0.29) is 0 Å². The molecule has 1 saturated heterocycles. The largest absolute Gasteiger partial charge is 0.366 e. The number of anilines is 1. The number of nitrogens with zero attached hydrogens (tertiary/aromatic N) is 1. The van der Waals surface area contributed by atoms with Gasteiger partial charge in [-0.3, -0.25) is 0 Å². The van der Waals surface area contributed by atoms with Crippen LogP contribution >= 0.6 is 15.9 Å². The molecule has 0 spiro atoms. The minimum atomic E-state index is 0.755. The molecule has 0 atom stereocenters. The summed E-state index contributed by atoms with van der Waals surface area (Å²) in [5, 5.41) is 3.42. The van der Waals surface area contributed by atoms with Crippen molar-refractivity contribution in [2.45, 2.75) is 19.3 Å². The van der Waals surface area contributed by atoms with Crippen molar-refractivity contribution >= 4 is 21.6 Å². The molecule has 0 saturated carbocycles. The van der Waals surface area contributed by atoms with E-state index >= 15 is 0 Å². The quantitative estimate of drug-likeness (QED) is 0.902. The maximum Gasteiger partial charge on any atom is 0.0525 e. The zero-order valence-electron chi connectivity index (χ0n) is 9.95. The summed E-state index contributed by atoms with van der Waals surface area (Å²) in [7, 11) is 0. The van der Waals surface area contributed by atoms with E-state index in [0.29, 0.717) is 0 Å². The Morgan fingerprint density at radius 2 is 2.12 bits per heavy atom. The molecule has 3 heteroatoms. The van der Waals surface area contributed by atoms with E-state index in [9.17, 15) is 0 Å². The molecule has 17 heavy (non-hydrogen) atoms. The van der Waals surface area contributed by atoms with Crippen LogP contribution in [0.25, 0.3) is 0 Å². The highest BCUT2D eigenvalue weighted by atomic mass is 79.9. The van der Waals surface area contributed by atoms with Crippen molar-refractivity contribution in [3.63, 3.8) is 0 Å². The average molecular weight is 294 g/mol. The van der Waals surface area contributed by atoms with Crippen LogP contribution in [0.3, 0.4) is 0 Å². The third-order valence-corrected chi connectivity index (χ3v) is 4.24. The van der Waals surface area contributed by atoms with Gasteiger partial charge in [-0.15, -0.1) is 0 Å². The fraction of sp³-hybridized carbons (Fsp3) is 0.500. The molecule has 1 radical (unpaired) electrons. The Labute approximate surface area is 112 Å². The second-order valence-corrected chi connectivity index (χ2v) is 5.87. The fourth-order valence-electron chi connectivity index (χ4n) is 2.80. The van der Waals surface area contributed by atoms with Crippen LogP contribution in [0.5, 0.6) is 0 Å². The standard InChI is InChI=1S/C14H18BrN2/c15-13-1-2-14-12(9-13)5-8-17(14)10-11-3-6-16-7-4-11/h1-2,9-11,16H,3-8H2. The van der Waals surface area contributed by atoms with Gasteiger partial charge in [0.05, 0.1) is 6.54 Å². The minimum Gasteiger partial charge on any atom is -0.366 e. The van der Waals surface area contributed by atoms with Crippen LogP contribution in [-0.2, 0) is 6.42 Å². The lowest BCUT2D eigenvalue weighted by Crippen LogP contribution is -2.32. The van der Waals surface area contributed by atoms with Crippen LogP contribution < -0.4 is 10.2 Å². The monoisotopic (exact) mass is 293 g/mol. The van der Waals surface area contributed by atoms with Gasteiger partial charge >= 0.3 is 0 Å². The Morgan fingerprint density at radius 3 is 2.94 bits per heavy atom. The normalized spacial score (nSPS) is 20.6. The second kappa shape index (κ2) is 4.99. The van der Waals surface area contributed by atoms with Crippen molar-refractivity contribution in [2.24, 2.45) is 5.92 Å². The Balaban J connectivity index is 1.70. The first-order valence-corrected chi connectivity index (χ1v) is 7.23. The van der Waals surface area contributed by atoms with E-state index in [1.165, 1.54) is 48.1 Å². The van der Waals surface area contributed by atoms with Gasteiger partial charge in [0.2, 0.25) is 0 Å². The molecule has 2 heterocycles. The first kappa shape index (κ1) is 11.5. The summed E-state index contributed by atoms with van der Waals surface area (Å²) in [6, 6.07) is 6.64. The van der Waals surface area contributed by atoms with E-state index in [1.54, 1.807) is 0 Å². The van der Waals surface area contributed by atoms with Crippen LogP contribution in [0.15, 0.2) is 22.7 Å². The highest BCUT2D eigenvalue weighted by Crippen LogP contribution is 2.33. The number of benzene rings is 1. The predicted octanol–water partition coefficient (Wildman–Crippen LogP) is 2.97. The highest BCUT2D eigenvalue weighted by Gasteiger charge is 2.23. The zero-order valence-corrected chi connectivity index (χ0v) is 11.5. The maximum atomic E-state index is 3.55. The lowest BCUT2D eigenvalue weighted by molar-refractivity contribution is 0.408. The van der Waals surface area contributed by atoms with Gasteiger partial charge in [0.15, 0.2) is 0 Å². The van der Waals surface area contributed by atoms with Crippen molar-refractivity contribution in [1.82, 2.24) is 5.32 Å². The molecule has 0 aliphatic carbocycles. The molecular formula is C14H18BrN2. The van der Waals surface area contributed by atoms with Crippen LogP contribution in [0.1, 0.15) is 18.4 Å². The van der Waals surface area contributed by atoms with Crippen molar-refractivity contribution in [3.05, 3.63) is 34.8 Å². The van der Waals surface area contributed by atoms with Gasteiger partial charge in [0, 0.05) is 16.7 Å². The maximum absolute atomic E-state index is 3.55. The van der Waals surface area contributed by atoms with Crippen LogP contribution in [0.4, 0.5) is 5.69 Å². The summed E-state index contributed by atoms with van der Waals surface area (Å²) in [4.78, 5) is 2.46. The molecule has 2 aliphatic heterocycles. The number of fused-ring (bicyclic) bond motifs is 1. The Bertz CT molecular complexity index is 399. The molecule has 0 bridgehead atoms. The zero-order chi connectivity index (χ0) is 11.7. The topological polar surface area (TPSA) is 15.3 Å².